The zero-order chi connectivity index (χ0) is 9.35. The molecule has 1 rings (SSSR count). The summed E-state index contributed by atoms with van der Waals surface area (Å²) in [7, 11) is 0. The summed E-state index contributed by atoms with van der Waals surface area (Å²) in [6.07, 6.45) is 0. The van der Waals surface area contributed by atoms with Gasteiger partial charge in [-0.05, 0) is 13.8 Å². The molecule has 13 heavy (non-hydrogen) atoms. The van der Waals surface area contributed by atoms with Crippen molar-refractivity contribution in [2.45, 2.75) is 19.5 Å². The van der Waals surface area contributed by atoms with Crippen LogP contribution in [0, 0.1) is 0 Å². The molecule has 1 N–H and O–H groups in total. The smallest absolute Gasteiger partial charge is 0.548 e. The van der Waals surface area contributed by atoms with E-state index in [0.29, 0.717) is 0 Å². The van der Waals surface area contributed by atoms with E-state index in [1.165, 1.54) is 4.90 Å². The summed E-state index contributed by atoms with van der Waals surface area (Å²) < 4.78 is 0. The molecule has 5 nitrogen and oxygen atoms in total. The Labute approximate surface area is 98.8 Å². The summed E-state index contributed by atoms with van der Waals surface area (Å²) in [6.45, 7) is 3.35. The van der Waals surface area contributed by atoms with Gasteiger partial charge in [-0.1, -0.05) is 0 Å². The molecule has 68 valence electrons. The zero-order valence-corrected chi connectivity index (χ0v) is 10.1. The molecule has 1 amide bonds. The molecule has 1 heterocycles. The minimum atomic E-state index is -1.24. The van der Waals surface area contributed by atoms with Crippen molar-refractivity contribution in [1.29, 1.82) is 0 Å². The number of carboxylic acids is 1. The van der Waals surface area contributed by atoms with Gasteiger partial charge in [0.1, 0.15) is 0 Å². The fourth-order valence-electron chi connectivity index (χ4n) is 1.21. The van der Waals surface area contributed by atoms with Crippen molar-refractivity contribution in [2.75, 3.05) is 13.1 Å². The van der Waals surface area contributed by atoms with Crippen LogP contribution in [0.4, 0.5) is 0 Å². The number of rotatable bonds is 2. The zero-order valence-electron chi connectivity index (χ0n) is 8.09. The van der Waals surface area contributed by atoms with Gasteiger partial charge in [-0.25, -0.2) is 0 Å². The molecule has 0 radical (unpaired) electrons. The van der Waals surface area contributed by atoms with E-state index in [1.807, 2.05) is 0 Å². The second-order valence-corrected chi connectivity index (χ2v) is 3.26. The first-order valence-electron chi connectivity index (χ1n) is 3.69. The number of nitrogens with one attached hydrogen (secondary N) is 1. The van der Waals surface area contributed by atoms with E-state index in [1.54, 1.807) is 13.8 Å². The SMILES string of the molecule is CC1(C)NCC(=O)N1CC(=O)[O-].[Na+]. The van der Waals surface area contributed by atoms with Crippen molar-refractivity contribution in [3.8, 4) is 0 Å². The van der Waals surface area contributed by atoms with Gasteiger partial charge >= 0.3 is 29.6 Å². The Morgan fingerprint density at radius 1 is 1.69 bits per heavy atom. The molecule has 0 aromatic rings. The molecule has 0 spiro atoms. The van der Waals surface area contributed by atoms with Crippen LogP contribution in [0.5, 0.6) is 0 Å². The predicted octanol–water partition coefficient (Wildman–Crippen LogP) is -5.09. The molecule has 1 aliphatic rings. The maximum absolute atomic E-state index is 11.1. The maximum atomic E-state index is 11.1. The molecule has 0 aromatic carbocycles. The number of aliphatic carboxylic acids is 1. The molecule has 0 aromatic heterocycles. The van der Waals surface area contributed by atoms with Gasteiger partial charge in [0.15, 0.2) is 0 Å². The van der Waals surface area contributed by atoms with Crippen molar-refractivity contribution in [3.63, 3.8) is 0 Å². The van der Waals surface area contributed by atoms with Crippen LogP contribution >= 0.6 is 0 Å². The quantitative estimate of drug-likeness (QED) is 0.446. The van der Waals surface area contributed by atoms with Crippen LogP contribution in [0.3, 0.4) is 0 Å². The number of carbonyl (C=O) groups excluding carboxylic acids is 2. The molecule has 1 saturated heterocycles. The Bertz CT molecular complexity index is 230. The van der Waals surface area contributed by atoms with E-state index in [0.717, 1.165) is 0 Å². The van der Waals surface area contributed by atoms with Crippen molar-refractivity contribution < 1.29 is 44.3 Å². The molecule has 0 bridgehead atoms. The van der Waals surface area contributed by atoms with Gasteiger partial charge in [0, 0.05) is 0 Å². The Hall–Kier alpha value is -0.100. The first-order valence-corrected chi connectivity index (χ1v) is 3.69. The number of carboxylic acid groups (broad SMARTS) is 1. The third-order valence-electron chi connectivity index (χ3n) is 1.94. The largest absolute Gasteiger partial charge is 1.00 e. The molecule has 0 aliphatic carbocycles. The van der Waals surface area contributed by atoms with E-state index in [4.69, 9.17) is 0 Å². The number of nitrogens with zero attached hydrogens (tertiary/aromatic N) is 1. The fourth-order valence-corrected chi connectivity index (χ4v) is 1.21. The molecule has 1 aliphatic heterocycles. The van der Waals surface area contributed by atoms with Gasteiger partial charge in [0.2, 0.25) is 5.91 Å². The Kier molecular flexibility index (Phi) is 4.38. The third-order valence-corrected chi connectivity index (χ3v) is 1.94. The number of hydrogen-bond acceptors (Lipinski definition) is 4. The van der Waals surface area contributed by atoms with Gasteiger partial charge in [-0.2, -0.15) is 0 Å². The first kappa shape index (κ1) is 12.9. The molecular weight excluding hydrogens is 183 g/mol. The molecular formula is C7H11N2NaO3. The van der Waals surface area contributed by atoms with Crippen LogP contribution in [-0.2, 0) is 9.59 Å². The van der Waals surface area contributed by atoms with E-state index >= 15 is 0 Å². The Balaban J connectivity index is 0.00000144. The summed E-state index contributed by atoms with van der Waals surface area (Å²) in [5.41, 5.74) is -0.572. The summed E-state index contributed by atoms with van der Waals surface area (Å²) in [6, 6.07) is 0. The summed E-state index contributed by atoms with van der Waals surface area (Å²) >= 11 is 0. The fraction of sp³-hybridized carbons (Fsp3) is 0.714. The number of amides is 1. The summed E-state index contributed by atoms with van der Waals surface area (Å²) in [5.74, 6) is -1.44. The monoisotopic (exact) mass is 194 g/mol. The maximum Gasteiger partial charge on any atom is 1.00 e. The second kappa shape index (κ2) is 4.41. The van der Waals surface area contributed by atoms with E-state index < -0.39 is 11.6 Å². The van der Waals surface area contributed by atoms with Gasteiger partial charge < -0.3 is 14.8 Å². The second-order valence-electron chi connectivity index (χ2n) is 3.26. The number of hydrogen-bond donors (Lipinski definition) is 1. The molecule has 0 unspecified atom stereocenters. The van der Waals surface area contributed by atoms with Gasteiger partial charge in [0.25, 0.3) is 0 Å². The number of carbonyl (C=O) groups is 2. The van der Waals surface area contributed by atoms with Crippen molar-refractivity contribution in [2.24, 2.45) is 0 Å². The third kappa shape index (κ3) is 2.95. The molecule has 6 heteroatoms. The summed E-state index contributed by atoms with van der Waals surface area (Å²) in [4.78, 5) is 22.6. The standard InChI is InChI=1S/C7H12N2O3.Na/c1-7(2)8-3-5(10)9(7)4-6(11)12;/h8H,3-4H2,1-2H3,(H,11,12);/q;+1/p-1. The molecule has 0 saturated carbocycles. The van der Waals surface area contributed by atoms with Crippen LogP contribution in [-0.4, -0.2) is 35.5 Å². The first-order chi connectivity index (χ1) is 5.43. The van der Waals surface area contributed by atoms with Crippen LogP contribution in [0.1, 0.15) is 13.8 Å². The van der Waals surface area contributed by atoms with Crippen LogP contribution in [0.2, 0.25) is 0 Å². The van der Waals surface area contributed by atoms with Crippen LogP contribution in [0.15, 0.2) is 0 Å². The summed E-state index contributed by atoms with van der Waals surface area (Å²) in [5, 5.41) is 13.1. The van der Waals surface area contributed by atoms with Crippen molar-refractivity contribution in [3.05, 3.63) is 0 Å². The van der Waals surface area contributed by atoms with E-state index in [9.17, 15) is 14.7 Å². The minimum Gasteiger partial charge on any atom is -0.548 e. The van der Waals surface area contributed by atoms with Crippen molar-refractivity contribution in [1.82, 2.24) is 10.2 Å². The van der Waals surface area contributed by atoms with Gasteiger partial charge in [-0.15, -0.1) is 0 Å². The van der Waals surface area contributed by atoms with Crippen molar-refractivity contribution >= 4 is 11.9 Å². The minimum absolute atomic E-state index is 0. The Morgan fingerprint density at radius 2 is 2.23 bits per heavy atom. The van der Waals surface area contributed by atoms with E-state index in [2.05, 4.69) is 5.32 Å². The normalized spacial score (nSPS) is 19.8. The van der Waals surface area contributed by atoms with Gasteiger partial charge in [0.05, 0.1) is 24.7 Å². The van der Waals surface area contributed by atoms with Crippen LogP contribution in [0.25, 0.3) is 0 Å². The van der Waals surface area contributed by atoms with E-state index in [-0.39, 0.29) is 48.6 Å². The Morgan fingerprint density at radius 3 is 2.54 bits per heavy atom. The average molecular weight is 194 g/mol. The van der Waals surface area contributed by atoms with Gasteiger partial charge in [-0.3, -0.25) is 10.1 Å². The molecule has 1 fully saturated rings. The predicted molar refractivity (Wildman–Crippen MR) is 38.8 cm³/mol. The topological polar surface area (TPSA) is 72.5 Å². The average Bonchev–Trinajstić information content (AvgIpc) is 2.15. The van der Waals surface area contributed by atoms with Crippen LogP contribution < -0.4 is 40.0 Å². The molecule has 0 atom stereocenters.